The van der Waals surface area contributed by atoms with Crippen LogP contribution >= 0.6 is 11.3 Å². The van der Waals surface area contributed by atoms with E-state index in [1.54, 1.807) is 18.2 Å². The van der Waals surface area contributed by atoms with Crippen molar-refractivity contribution in [2.24, 2.45) is 0 Å². The molecule has 2 aromatic heterocycles. The van der Waals surface area contributed by atoms with Crippen LogP contribution in [0.1, 0.15) is 50.7 Å². The summed E-state index contributed by atoms with van der Waals surface area (Å²) >= 11 is 1.34. The van der Waals surface area contributed by atoms with Crippen molar-refractivity contribution >= 4 is 34.8 Å². The van der Waals surface area contributed by atoms with Crippen LogP contribution in [0.3, 0.4) is 0 Å². The number of hydrogen-bond acceptors (Lipinski definition) is 6. The number of aryl methyl sites for hydroxylation is 1. The van der Waals surface area contributed by atoms with Gasteiger partial charge in [-0.15, -0.1) is 11.3 Å². The third-order valence-electron chi connectivity index (χ3n) is 5.14. The molecule has 0 saturated carbocycles. The molecule has 1 aromatic carbocycles. The van der Waals surface area contributed by atoms with Gasteiger partial charge in [-0.05, 0) is 43.5 Å². The zero-order chi connectivity index (χ0) is 23.8. The maximum absolute atomic E-state index is 12.6. The van der Waals surface area contributed by atoms with Crippen molar-refractivity contribution in [1.82, 2.24) is 9.88 Å². The van der Waals surface area contributed by atoms with Gasteiger partial charge in [0.05, 0.1) is 11.3 Å². The molecule has 33 heavy (non-hydrogen) atoms. The van der Waals surface area contributed by atoms with Crippen LogP contribution in [-0.2, 0) is 14.3 Å². The Labute approximate surface area is 196 Å². The zero-order valence-electron chi connectivity index (χ0n) is 18.6. The fourth-order valence-corrected chi connectivity index (χ4v) is 4.19. The third kappa shape index (κ3) is 6.49. The standard InChI is InChI=1S/C25H26N2O5S/c1-17-15-20(18(2)27(17)19-7-4-3-5-8-19)22(29)16-32-25(31)12-13-26-24(30)11-10-21(28)23-9-6-14-33-23/h3-9,14-15H,10-13,16H2,1-2H3,(H,26,30). The average Bonchev–Trinajstić information content (AvgIpc) is 3.44. The lowest BCUT2D eigenvalue weighted by molar-refractivity contribution is -0.142. The predicted octanol–water partition coefficient (Wildman–Crippen LogP) is 4.05. The summed E-state index contributed by atoms with van der Waals surface area (Å²) in [6, 6.07) is 15.0. The van der Waals surface area contributed by atoms with Gasteiger partial charge in [0.1, 0.15) is 0 Å². The molecule has 0 aliphatic carbocycles. The molecule has 172 valence electrons. The van der Waals surface area contributed by atoms with Crippen LogP contribution in [0, 0.1) is 13.8 Å². The number of nitrogens with one attached hydrogen (secondary N) is 1. The number of aromatic nitrogens is 1. The SMILES string of the molecule is Cc1cc(C(=O)COC(=O)CCNC(=O)CCC(=O)c2cccs2)c(C)n1-c1ccccc1. The Balaban J connectivity index is 1.40. The molecule has 0 radical (unpaired) electrons. The predicted molar refractivity (Wildman–Crippen MR) is 126 cm³/mol. The summed E-state index contributed by atoms with van der Waals surface area (Å²) < 4.78 is 7.08. The van der Waals surface area contributed by atoms with E-state index in [2.05, 4.69) is 5.32 Å². The summed E-state index contributed by atoms with van der Waals surface area (Å²) in [5.41, 5.74) is 3.15. The molecule has 0 fully saturated rings. The summed E-state index contributed by atoms with van der Waals surface area (Å²) in [5, 5.41) is 4.41. The van der Waals surface area contributed by atoms with Crippen molar-refractivity contribution in [3.8, 4) is 5.69 Å². The topological polar surface area (TPSA) is 94.5 Å². The number of Topliss-reactive ketones (excluding diaryl/α,β-unsaturated/α-hetero) is 2. The average molecular weight is 467 g/mol. The Hall–Kier alpha value is -3.52. The molecule has 3 rings (SSSR count). The molecule has 0 aliphatic heterocycles. The highest BCUT2D eigenvalue weighted by Gasteiger charge is 2.18. The number of amides is 1. The van der Waals surface area contributed by atoms with Gasteiger partial charge in [-0.3, -0.25) is 19.2 Å². The first-order valence-electron chi connectivity index (χ1n) is 10.6. The van der Waals surface area contributed by atoms with Gasteiger partial charge in [0.2, 0.25) is 11.7 Å². The van der Waals surface area contributed by atoms with E-state index < -0.39 is 5.97 Å². The van der Waals surface area contributed by atoms with Crippen LogP contribution in [0.25, 0.3) is 5.69 Å². The number of ether oxygens (including phenoxy) is 1. The first-order chi connectivity index (χ1) is 15.9. The minimum atomic E-state index is -0.574. The quantitative estimate of drug-likeness (QED) is 0.340. The molecule has 0 bridgehead atoms. The van der Waals surface area contributed by atoms with E-state index in [0.717, 1.165) is 17.1 Å². The summed E-state index contributed by atoms with van der Waals surface area (Å²) in [5.74, 6) is -1.24. The normalized spacial score (nSPS) is 10.6. The highest BCUT2D eigenvalue weighted by atomic mass is 32.1. The van der Waals surface area contributed by atoms with E-state index in [9.17, 15) is 19.2 Å². The van der Waals surface area contributed by atoms with Crippen LogP contribution in [-0.4, -0.2) is 41.2 Å². The lowest BCUT2D eigenvalue weighted by Crippen LogP contribution is -2.27. The van der Waals surface area contributed by atoms with Crippen molar-refractivity contribution in [2.75, 3.05) is 13.2 Å². The van der Waals surface area contributed by atoms with E-state index in [-0.39, 0.29) is 49.9 Å². The van der Waals surface area contributed by atoms with Crippen molar-refractivity contribution in [2.45, 2.75) is 33.1 Å². The van der Waals surface area contributed by atoms with Crippen molar-refractivity contribution < 1.29 is 23.9 Å². The molecule has 0 aliphatic rings. The largest absolute Gasteiger partial charge is 0.457 e. The lowest BCUT2D eigenvalue weighted by atomic mass is 10.1. The summed E-state index contributed by atoms with van der Waals surface area (Å²) in [6.07, 6.45) is 0.120. The Morgan fingerprint density at radius 3 is 2.39 bits per heavy atom. The Morgan fingerprint density at radius 2 is 1.70 bits per heavy atom. The minimum Gasteiger partial charge on any atom is -0.457 e. The Kier molecular flexibility index (Phi) is 8.32. The van der Waals surface area contributed by atoms with Gasteiger partial charge in [0.15, 0.2) is 12.4 Å². The van der Waals surface area contributed by atoms with Gasteiger partial charge in [0.25, 0.3) is 0 Å². The lowest BCUT2D eigenvalue weighted by Gasteiger charge is -2.10. The van der Waals surface area contributed by atoms with E-state index in [1.165, 1.54) is 11.3 Å². The van der Waals surface area contributed by atoms with Crippen molar-refractivity contribution in [3.63, 3.8) is 0 Å². The Morgan fingerprint density at radius 1 is 0.939 bits per heavy atom. The number of thiophene rings is 1. The second-order valence-electron chi connectivity index (χ2n) is 7.54. The van der Waals surface area contributed by atoms with Gasteiger partial charge in [-0.25, -0.2) is 0 Å². The molecule has 0 atom stereocenters. The number of carbonyl (C=O) groups excluding carboxylic acids is 4. The first kappa shape index (κ1) is 24.1. The van der Waals surface area contributed by atoms with Gasteiger partial charge < -0.3 is 14.6 Å². The Bertz CT molecular complexity index is 1130. The molecular formula is C25H26N2O5S. The molecule has 1 N–H and O–H groups in total. The summed E-state index contributed by atoms with van der Waals surface area (Å²) in [6.45, 7) is 3.50. The number of benzene rings is 1. The van der Waals surface area contributed by atoms with Crippen molar-refractivity contribution in [3.05, 3.63) is 75.7 Å². The van der Waals surface area contributed by atoms with E-state index in [0.29, 0.717) is 10.4 Å². The molecule has 3 aromatic rings. The van der Waals surface area contributed by atoms with Crippen molar-refractivity contribution in [1.29, 1.82) is 0 Å². The second-order valence-corrected chi connectivity index (χ2v) is 8.49. The summed E-state index contributed by atoms with van der Waals surface area (Å²) in [7, 11) is 0. The maximum atomic E-state index is 12.6. The highest BCUT2D eigenvalue weighted by molar-refractivity contribution is 7.12. The number of rotatable bonds is 11. The highest BCUT2D eigenvalue weighted by Crippen LogP contribution is 2.21. The first-order valence-corrected chi connectivity index (χ1v) is 11.5. The van der Waals surface area contributed by atoms with E-state index >= 15 is 0 Å². The van der Waals surface area contributed by atoms with Crippen LogP contribution in [0.5, 0.6) is 0 Å². The van der Waals surface area contributed by atoms with E-state index in [4.69, 9.17) is 4.74 Å². The second kappa shape index (κ2) is 11.4. The monoisotopic (exact) mass is 466 g/mol. The number of hydrogen-bond donors (Lipinski definition) is 1. The smallest absolute Gasteiger partial charge is 0.308 e. The number of esters is 1. The fourth-order valence-electron chi connectivity index (χ4n) is 3.50. The molecule has 2 heterocycles. The third-order valence-corrected chi connectivity index (χ3v) is 6.05. The maximum Gasteiger partial charge on any atom is 0.308 e. The van der Waals surface area contributed by atoms with Gasteiger partial charge in [-0.2, -0.15) is 0 Å². The minimum absolute atomic E-state index is 0.0546. The summed E-state index contributed by atoms with van der Waals surface area (Å²) in [4.78, 5) is 49.0. The van der Waals surface area contributed by atoms with E-state index in [1.807, 2.05) is 54.1 Å². The molecule has 0 spiro atoms. The van der Waals surface area contributed by atoms with Crippen LogP contribution in [0.4, 0.5) is 0 Å². The number of nitrogens with zero attached hydrogens (tertiary/aromatic N) is 1. The molecule has 0 saturated heterocycles. The van der Waals surface area contributed by atoms with Crippen LogP contribution < -0.4 is 5.32 Å². The van der Waals surface area contributed by atoms with Gasteiger partial charge in [0, 0.05) is 42.0 Å². The van der Waals surface area contributed by atoms with Crippen LogP contribution in [0.15, 0.2) is 53.9 Å². The molecule has 7 nitrogen and oxygen atoms in total. The fraction of sp³-hybridized carbons (Fsp3) is 0.280. The molecular weight excluding hydrogens is 440 g/mol. The number of ketones is 2. The van der Waals surface area contributed by atoms with Gasteiger partial charge in [-0.1, -0.05) is 24.3 Å². The molecule has 0 unspecified atom stereocenters. The number of carbonyl (C=O) groups is 4. The molecule has 8 heteroatoms. The number of para-hydroxylation sites is 1. The molecule has 1 amide bonds. The van der Waals surface area contributed by atoms with Gasteiger partial charge >= 0.3 is 5.97 Å². The van der Waals surface area contributed by atoms with Crippen LogP contribution in [0.2, 0.25) is 0 Å². The zero-order valence-corrected chi connectivity index (χ0v) is 19.4.